The van der Waals surface area contributed by atoms with Gasteiger partial charge in [0.15, 0.2) is 0 Å². The molecule has 0 radical (unpaired) electrons. The van der Waals surface area contributed by atoms with Gasteiger partial charge in [-0.2, -0.15) is 0 Å². The highest BCUT2D eigenvalue weighted by molar-refractivity contribution is 5.85. The number of carbonyl (C=O) groups excluding carboxylic acids is 1. The average Bonchev–Trinajstić information content (AvgIpc) is 2.81. The van der Waals surface area contributed by atoms with Crippen LogP contribution in [0.25, 0.3) is 0 Å². The summed E-state index contributed by atoms with van der Waals surface area (Å²) in [6, 6.07) is 0.951. The van der Waals surface area contributed by atoms with Gasteiger partial charge in [0.05, 0.1) is 0 Å². The first-order valence-corrected chi connectivity index (χ1v) is 7.69. The van der Waals surface area contributed by atoms with E-state index in [1.165, 1.54) is 38.5 Å². The standard InChI is InChI=1S/C15H28N2O.ClH/c1-12(2)10-14-7-3-4-9-17(14)15(18)11-13-6-5-8-16-13;/h12-14,16H,3-11H2,1-2H3;1H. The normalized spacial score (nSPS) is 27.4. The van der Waals surface area contributed by atoms with Gasteiger partial charge in [0, 0.05) is 25.0 Å². The lowest BCUT2D eigenvalue weighted by molar-refractivity contribution is -0.135. The Labute approximate surface area is 123 Å². The summed E-state index contributed by atoms with van der Waals surface area (Å²) >= 11 is 0. The van der Waals surface area contributed by atoms with Crippen molar-refractivity contribution in [2.24, 2.45) is 5.92 Å². The molecule has 3 nitrogen and oxygen atoms in total. The zero-order chi connectivity index (χ0) is 13.0. The van der Waals surface area contributed by atoms with Gasteiger partial charge in [0.1, 0.15) is 0 Å². The summed E-state index contributed by atoms with van der Waals surface area (Å²) in [5, 5.41) is 3.43. The molecule has 2 rings (SSSR count). The van der Waals surface area contributed by atoms with Crippen LogP contribution in [0.1, 0.15) is 58.8 Å². The number of hydrogen-bond acceptors (Lipinski definition) is 2. The van der Waals surface area contributed by atoms with Crippen LogP contribution in [0.15, 0.2) is 0 Å². The molecule has 1 N–H and O–H groups in total. The molecule has 0 spiro atoms. The Morgan fingerprint density at radius 2 is 2.05 bits per heavy atom. The van der Waals surface area contributed by atoms with Crippen LogP contribution >= 0.6 is 12.4 Å². The van der Waals surface area contributed by atoms with Crippen molar-refractivity contribution < 1.29 is 4.79 Å². The summed E-state index contributed by atoms with van der Waals surface area (Å²) in [6.07, 6.45) is 7.99. The molecule has 2 aliphatic heterocycles. The van der Waals surface area contributed by atoms with Gasteiger partial charge in [0.25, 0.3) is 0 Å². The van der Waals surface area contributed by atoms with Crippen molar-refractivity contribution in [3.63, 3.8) is 0 Å². The second kappa shape index (κ2) is 8.11. The van der Waals surface area contributed by atoms with Gasteiger partial charge in [0.2, 0.25) is 5.91 Å². The molecule has 0 aromatic heterocycles. The fourth-order valence-corrected chi connectivity index (χ4v) is 3.38. The predicted octanol–water partition coefficient (Wildman–Crippen LogP) is 2.98. The second-order valence-electron chi connectivity index (χ2n) is 6.36. The molecular formula is C15H29ClN2O. The van der Waals surface area contributed by atoms with E-state index in [9.17, 15) is 4.79 Å². The minimum atomic E-state index is 0. The van der Waals surface area contributed by atoms with Crippen LogP contribution in [0, 0.1) is 5.92 Å². The van der Waals surface area contributed by atoms with E-state index in [2.05, 4.69) is 24.1 Å². The number of nitrogens with zero attached hydrogens (tertiary/aromatic N) is 1. The second-order valence-corrected chi connectivity index (χ2v) is 6.36. The number of nitrogens with one attached hydrogen (secondary N) is 1. The number of amides is 1. The Balaban J connectivity index is 0.00000180. The van der Waals surface area contributed by atoms with Gasteiger partial charge < -0.3 is 10.2 Å². The van der Waals surface area contributed by atoms with Gasteiger partial charge in [-0.25, -0.2) is 0 Å². The smallest absolute Gasteiger partial charge is 0.224 e. The lowest BCUT2D eigenvalue weighted by Crippen LogP contribution is -2.46. The van der Waals surface area contributed by atoms with Crippen molar-refractivity contribution in [3.05, 3.63) is 0 Å². The number of hydrogen-bond donors (Lipinski definition) is 1. The van der Waals surface area contributed by atoms with E-state index in [1.807, 2.05) is 0 Å². The summed E-state index contributed by atoms with van der Waals surface area (Å²) in [5.41, 5.74) is 0. The van der Waals surface area contributed by atoms with E-state index in [0.717, 1.165) is 13.1 Å². The summed E-state index contributed by atoms with van der Waals surface area (Å²) in [7, 11) is 0. The third-order valence-electron chi connectivity index (χ3n) is 4.27. The predicted molar refractivity (Wildman–Crippen MR) is 81.7 cm³/mol. The van der Waals surface area contributed by atoms with Gasteiger partial charge >= 0.3 is 0 Å². The molecule has 2 fully saturated rings. The molecule has 2 atom stereocenters. The monoisotopic (exact) mass is 288 g/mol. The number of piperidine rings is 1. The molecule has 19 heavy (non-hydrogen) atoms. The van der Waals surface area contributed by atoms with Crippen molar-refractivity contribution >= 4 is 18.3 Å². The van der Waals surface area contributed by atoms with E-state index in [-0.39, 0.29) is 12.4 Å². The largest absolute Gasteiger partial charge is 0.340 e. The fraction of sp³-hybridized carbons (Fsp3) is 0.933. The van der Waals surface area contributed by atoms with Crippen LogP contribution in [-0.4, -0.2) is 36.0 Å². The van der Waals surface area contributed by atoms with Crippen molar-refractivity contribution in [1.29, 1.82) is 0 Å². The highest BCUT2D eigenvalue weighted by atomic mass is 35.5. The van der Waals surface area contributed by atoms with Crippen LogP contribution < -0.4 is 5.32 Å². The Morgan fingerprint density at radius 1 is 1.26 bits per heavy atom. The number of halogens is 1. The van der Waals surface area contributed by atoms with E-state index in [4.69, 9.17) is 0 Å². The quantitative estimate of drug-likeness (QED) is 0.862. The molecular weight excluding hydrogens is 260 g/mol. The highest BCUT2D eigenvalue weighted by Crippen LogP contribution is 2.24. The maximum Gasteiger partial charge on any atom is 0.224 e. The maximum atomic E-state index is 12.4. The minimum absolute atomic E-state index is 0. The first-order chi connectivity index (χ1) is 8.66. The Bertz CT molecular complexity index is 277. The Morgan fingerprint density at radius 3 is 2.68 bits per heavy atom. The van der Waals surface area contributed by atoms with Gasteiger partial charge in [-0.15, -0.1) is 12.4 Å². The van der Waals surface area contributed by atoms with E-state index >= 15 is 0 Å². The Hall–Kier alpha value is -0.280. The van der Waals surface area contributed by atoms with Crippen LogP contribution in [-0.2, 0) is 4.79 Å². The summed E-state index contributed by atoms with van der Waals surface area (Å²) in [6.45, 7) is 6.60. The molecule has 2 aliphatic rings. The third kappa shape index (κ3) is 4.96. The van der Waals surface area contributed by atoms with Crippen LogP contribution in [0.2, 0.25) is 0 Å². The summed E-state index contributed by atoms with van der Waals surface area (Å²) in [4.78, 5) is 14.6. The molecule has 2 unspecified atom stereocenters. The van der Waals surface area contributed by atoms with Crippen molar-refractivity contribution in [1.82, 2.24) is 10.2 Å². The van der Waals surface area contributed by atoms with E-state index in [0.29, 0.717) is 30.3 Å². The van der Waals surface area contributed by atoms with Crippen molar-refractivity contribution in [3.8, 4) is 0 Å². The van der Waals surface area contributed by atoms with E-state index < -0.39 is 0 Å². The molecule has 4 heteroatoms. The van der Waals surface area contributed by atoms with Gasteiger partial charge in [-0.3, -0.25) is 4.79 Å². The zero-order valence-electron chi connectivity index (χ0n) is 12.4. The van der Waals surface area contributed by atoms with Crippen molar-refractivity contribution in [2.75, 3.05) is 13.1 Å². The lowest BCUT2D eigenvalue weighted by Gasteiger charge is -2.37. The minimum Gasteiger partial charge on any atom is -0.340 e. The fourth-order valence-electron chi connectivity index (χ4n) is 3.38. The molecule has 2 saturated heterocycles. The van der Waals surface area contributed by atoms with Crippen LogP contribution in [0.3, 0.4) is 0 Å². The van der Waals surface area contributed by atoms with Crippen LogP contribution in [0.4, 0.5) is 0 Å². The average molecular weight is 289 g/mol. The lowest BCUT2D eigenvalue weighted by atomic mass is 9.93. The molecule has 2 heterocycles. The highest BCUT2D eigenvalue weighted by Gasteiger charge is 2.29. The maximum absolute atomic E-state index is 12.4. The van der Waals surface area contributed by atoms with Gasteiger partial charge in [-0.05, 0) is 51.0 Å². The number of carbonyl (C=O) groups is 1. The molecule has 0 aliphatic carbocycles. The molecule has 0 aromatic rings. The van der Waals surface area contributed by atoms with Crippen molar-refractivity contribution in [2.45, 2.75) is 70.9 Å². The first kappa shape index (κ1) is 16.8. The molecule has 1 amide bonds. The number of likely N-dealkylation sites (tertiary alicyclic amines) is 1. The third-order valence-corrected chi connectivity index (χ3v) is 4.27. The van der Waals surface area contributed by atoms with Gasteiger partial charge in [-0.1, -0.05) is 13.8 Å². The topological polar surface area (TPSA) is 32.3 Å². The Kier molecular flexibility index (Phi) is 7.16. The summed E-state index contributed by atoms with van der Waals surface area (Å²) in [5.74, 6) is 1.08. The summed E-state index contributed by atoms with van der Waals surface area (Å²) < 4.78 is 0. The number of rotatable bonds is 4. The molecule has 0 aromatic carbocycles. The zero-order valence-corrected chi connectivity index (χ0v) is 13.2. The molecule has 0 bridgehead atoms. The van der Waals surface area contributed by atoms with E-state index in [1.54, 1.807) is 0 Å². The SMILES string of the molecule is CC(C)CC1CCCCN1C(=O)CC1CCCN1.Cl. The molecule has 0 saturated carbocycles. The van der Waals surface area contributed by atoms with Crippen LogP contribution in [0.5, 0.6) is 0 Å². The first-order valence-electron chi connectivity index (χ1n) is 7.69. The molecule has 112 valence electrons.